The molecule has 0 N–H and O–H groups in total. The maximum Gasteiger partial charge on any atom is 0.123 e. The molecule has 0 spiro atoms. The van der Waals surface area contributed by atoms with Crippen LogP contribution in [0.25, 0.3) is 21.3 Å². The third-order valence-electron chi connectivity index (χ3n) is 3.13. The van der Waals surface area contributed by atoms with Crippen LogP contribution in [0.15, 0.2) is 42.5 Å². The molecule has 19 heavy (non-hydrogen) atoms. The molecule has 0 bridgehead atoms. The molecular weight excluding hydrogens is 252 g/mol. The van der Waals surface area contributed by atoms with Crippen molar-refractivity contribution in [1.29, 1.82) is 5.26 Å². The molecule has 0 aliphatic carbocycles. The quantitative estimate of drug-likeness (QED) is 0.690. The monoisotopic (exact) mass is 264 g/mol. The van der Waals surface area contributed by atoms with Crippen molar-refractivity contribution >= 4 is 22.1 Å². The number of thiazole rings is 1. The highest BCUT2D eigenvalue weighted by atomic mass is 32.1. The van der Waals surface area contributed by atoms with E-state index in [0.717, 1.165) is 21.1 Å². The van der Waals surface area contributed by atoms with Gasteiger partial charge in [-0.1, -0.05) is 36.4 Å². The fraction of sp³-hybridized carbons (Fsp3) is 0.125. The Hall–Kier alpha value is -2.18. The summed E-state index contributed by atoms with van der Waals surface area (Å²) in [6, 6.07) is 16.9. The fourth-order valence-electron chi connectivity index (χ4n) is 2.11. The molecule has 2 aromatic carbocycles. The minimum atomic E-state index is 0.442. The van der Waals surface area contributed by atoms with Gasteiger partial charge in [0, 0.05) is 10.4 Å². The van der Waals surface area contributed by atoms with Crippen LogP contribution < -0.4 is 0 Å². The van der Waals surface area contributed by atoms with E-state index in [2.05, 4.69) is 41.4 Å². The van der Waals surface area contributed by atoms with Crippen LogP contribution in [0.2, 0.25) is 0 Å². The Kier molecular flexibility index (Phi) is 3.02. The second-order valence-corrected chi connectivity index (χ2v) is 5.51. The van der Waals surface area contributed by atoms with E-state index < -0.39 is 0 Å². The van der Waals surface area contributed by atoms with Gasteiger partial charge in [-0.25, -0.2) is 4.98 Å². The molecule has 3 heteroatoms. The molecule has 0 unspecified atom stereocenters. The minimum absolute atomic E-state index is 0.442. The number of aromatic nitrogens is 1. The average molecular weight is 264 g/mol. The molecule has 0 saturated carbocycles. The van der Waals surface area contributed by atoms with Gasteiger partial charge < -0.3 is 0 Å². The van der Waals surface area contributed by atoms with Crippen LogP contribution in [0.3, 0.4) is 0 Å². The highest BCUT2D eigenvalue weighted by molar-refractivity contribution is 7.15. The summed E-state index contributed by atoms with van der Waals surface area (Å²) in [4.78, 5) is 5.63. The summed E-state index contributed by atoms with van der Waals surface area (Å²) in [6.45, 7) is 1.97. The molecule has 0 atom stereocenters. The largest absolute Gasteiger partial charge is 0.241 e. The van der Waals surface area contributed by atoms with Gasteiger partial charge in [0.05, 0.1) is 18.2 Å². The molecule has 0 radical (unpaired) electrons. The first kappa shape index (κ1) is 11.9. The number of hydrogen-bond acceptors (Lipinski definition) is 3. The van der Waals surface area contributed by atoms with E-state index in [0.29, 0.717) is 6.42 Å². The first-order valence-electron chi connectivity index (χ1n) is 6.10. The van der Waals surface area contributed by atoms with E-state index in [1.54, 1.807) is 11.3 Å². The second kappa shape index (κ2) is 4.83. The standard InChI is InChI=1S/C16H12N2S/c1-11-15(8-9-17)19-16(18-11)14-7-6-12-4-2-3-5-13(12)10-14/h2-7,10H,8H2,1H3. The lowest BCUT2D eigenvalue weighted by molar-refractivity contribution is 1.18. The second-order valence-electron chi connectivity index (χ2n) is 4.42. The third kappa shape index (κ3) is 2.23. The maximum absolute atomic E-state index is 8.79. The smallest absolute Gasteiger partial charge is 0.123 e. The number of nitrogens with zero attached hydrogens (tertiary/aromatic N) is 2. The lowest BCUT2D eigenvalue weighted by atomic mass is 10.1. The van der Waals surface area contributed by atoms with Crippen molar-refractivity contribution in [2.24, 2.45) is 0 Å². The number of rotatable bonds is 2. The SMILES string of the molecule is Cc1nc(-c2ccc3ccccc3c2)sc1CC#N. The predicted octanol–water partition coefficient (Wildman–Crippen LogP) is 4.34. The van der Waals surface area contributed by atoms with Gasteiger partial charge in [0.1, 0.15) is 5.01 Å². The lowest BCUT2D eigenvalue weighted by Gasteiger charge is -2.00. The van der Waals surface area contributed by atoms with Gasteiger partial charge in [-0.2, -0.15) is 5.26 Å². The van der Waals surface area contributed by atoms with Gasteiger partial charge in [-0.05, 0) is 23.8 Å². The number of aryl methyl sites for hydroxylation is 1. The molecule has 92 valence electrons. The maximum atomic E-state index is 8.79. The summed E-state index contributed by atoms with van der Waals surface area (Å²) < 4.78 is 0. The summed E-state index contributed by atoms with van der Waals surface area (Å²) in [5.41, 5.74) is 2.09. The van der Waals surface area contributed by atoms with E-state index in [4.69, 9.17) is 5.26 Å². The molecule has 0 aliphatic rings. The first-order valence-corrected chi connectivity index (χ1v) is 6.92. The highest BCUT2D eigenvalue weighted by Gasteiger charge is 2.09. The van der Waals surface area contributed by atoms with Crippen LogP contribution in [-0.2, 0) is 6.42 Å². The Labute approximate surface area is 116 Å². The van der Waals surface area contributed by atoms with Crippen LogP contribution in [0.4, 0.5) is 0 Å². The van der Waals surface area contributed by atoms with E-state index >= 15 is 0 Å². The van der Waals surface area contributed by atoms with Gasteiger partial charge in [0.2, 0.25) is 0 Å². The summed E-state index contributed by atoms with van der Waals surface area (Å²) >= 11 is 1.61. The van der Waals surface area contributed by atoms with Crippen LogP contribution in [0.5, 0.6) is 0 Å². The van der Waals surface area contributed by atoms with Crippen molar-refractivity contribution in [2.45, 2.75) is 13.3 Å². The number of hydrogen-bond donors (Lipinski definition) is 0. The molecule has 0 saturated heterocycles. The summed E-state index contributed by atoms with van der Waals surface area (Å²) in [6.07, 6.45) is 0.442. The Morgan fingerprint density at radius 1 is 1.16 bits per heavy atom. The van der Waals surface area contributed by atoms with Crippen LogP contribution in [-0.4, -0.2) is 4.98 Å². The molecule has 3 rings (SSSR count). The Morgan fingerprint density at radius 2 is 1.95 bits per heavy atom. The molecule has 3 aromatic rings. The lowest BCUT2D eigenvalue weighted by Crippen LogP contribution is -1.80. The molecular formula is C16H12N2S. The molecule has 1 aromatic heterocycles. The van der Waals surface area contributed by atoms with Crippen LogP contribution in [0, 0.1) is 18.3 Å². The van der Waals surface area contributed by atoms with Crippen LogP contribution in [0.1, 0.15) is 10.6 Å². The average Bonchev–Trinajstić information content (AvgIpc) is 2.80. The number of nitriles is 1. The number of fused-ring (bicyclic) bond motifs is 1. The van der Waals surface area contributed by atoms with Crippen molar-refractivity contribution in [1.82, 2.24) is 4.98 Å². The van der Waals surface area contributed by atoms with E-state index in [-0.39, 0.29) is 0 Å². The van der Waals surface area contributed by atoms with Gasteiger partial charge in [-0.15, -0.1) is 11.3 Å². The highest BCUT2D eigenvalue weighted by Crippen LogP contribution is 2.30. The van der Waals surface area contributed by atoms with E-state index in [1.165, 1.54) is 10.8 Å². The van der Waals surface area contributed by atoms with E-state index in [9.17, 15) is 0 Å². The Bertz CT molecular complexity index is 781. The van der Waals surface area contributed by atoms with Crippen molar-refractivity contribution in [3.8, 4) is 16.6 Å². The van der Waals surface area contributed by atoms with Crippen LogP contribution >= 0.6 is 11.3 Å². The van der Waals surface area contributed by atoms with Gasteiger partial charge in [0.25, 0.3) is 0 Å². The van der Waals surface area contributed by atoms with Crippen molar-refractivity contribution < 1.29 is 0 Å². The van der Waals surface area contributed by atoms with Gasteiger partial charge in [0.15, 0.2) is 0 Å². The first-order chi connectivity index (χ1) is 9.28. The minimum Gasteiger partial charge on any atom is -0.241 e. The molecule has 0 aliphatic heterocycles. The van der Waals surface area contributed by atoms with Gasteiger partial charge in [-0.3, -0.25) is 0 Å². The van der Waals surface area contributed by atoms with Crippen molar-refractivity contribution in [3.05, 3.63) is 53.0 Å². The van der Waals surface area contributed by atoms with Gasteiger partial charge >= 0.3 is 0 Å². The summed E-state index contributed by atoms with van der Waals surface area (Å²) in [5.74, 6) is 0. The Morgan fingerprint density at radius 3 is 2.74 bits per heavy atom. The molecule has 1 heterocycles. The van der Waals surface area contributed by atoms with Crippen molar-refractivity contribution in [2.75, 3.05) is 0 Å². The fourth-order valence-corrected chi connectivity index (χ4v) is 3.10. The summed E-state index contributed by atoms with van der Waals surface area (Å²) in [5, 5.41) is 12.2. The Balaban J connectivity index is 2.09. The van der Waals surface area contributed by atoms with E-state index in [1.807, 2.05) is 19.1 Å². The van der Waals surface area contributed by atoms with Crippen molar-refractivity contribution in [3.63, 3.8) is 0 Å². The third-order valence-corrected chi connectivity index (χ3v) is 4.34. The number of benzene rings is 2. The molecule has 0 fully saturated rings. The zero-order chi connectivity index (χ0) is 13.2. The zero-order valence-electron chi connectivity index (χ0n) is 10.6. The predicted molar refractivity (Wildman–Crippen MR) is 79.1 cm³/mol. The molecule has 2 nitrogen and oxygen atoms in total. The summed E-state index contributed by atoms with van der Waals surface area (Å²) in [7, 11) is 0. The molecule has 0 amide bonds. The normalized spacial score (nSPS) is 10.5. The zero-order valence-corrected chi connectivity index (χ0v) is 11.4. The topological polar surface area (TPSA) is 36.7 Å².